The molecule has 0 aromatic heterocycles. The van der Waals surface area contributed by atoms with Gasteiger partial charge in [0, 0.05) is 12.8 Å². The van der Waals surface area contributed by atoms with Crippen LogP contribution >= 0.6 is 0 Å². The summed E-state index contributed by atoms with van der Waals surface area (Å²) in [4.78, 5) is 38.0. The van der Waals surface area contributed by atoms with Crippen molar-refractivity contribution in [3.63, 3.8) is 0 Å². The number of carboxylic acids is 1. The average Bonchev–Trinajstić information content (AvgIpc) is 3.29. The molecule has 2 fully saturated rings. The third-order valence-electron chi connectivity index (χ3n) is 12.2. The molecule has 16 heteroatoms. The normalized spacial score (nSPS) is 26.3. The predicted octanol–water partition coefficient (Wildman–Crippen LogP) is 6.69. The Morgan fingerprint density at radius 1 is 0.538 bits per heavy atom. The smallest absolute Gasteiger partial charge is 0.335 e. The van der Waals surface area contributed by atoms with Gasteiger partial charge in [-0.1, -0.05) is 154 Å². The molecule has 0 aliphatic carbocycles. The van der Waals surface area contributed by atoms with Crippen LogP contribution in [0, 0.1) is 0 Å². The predicted molar refractivity (Wildman–Crippen MR) is 244 cm³/mol. The van der Waals surface area contributed by atoms with Gasteiger partial charge in [0.25, 0.3) is 0 Å². The first-order valence-corrected chi connectivity index (χ1v) is 25.3. The first-order valence-electron chi connectivity index (χ1n) is 25.3. The molecule has 0 bridgehead atoms. The highest BCUT2D eigenvalue weighted by molar-refractivity contribution is 5.73. The van der Waals surface area contributed by atoms with Gasteiger partial charge in [-0.2, -0.15) is 0 Å². The maximum absolute atomic E-state index is 13.0. The summed E-state index contributed by atoms with van der Waals surface area (Å²) in [7, 11) is 0. The number of hydrogen-bond donors (Lipinski definition) is 7. The maximum atomic E-state index is 13.0. The van der Waals surface area contributed by atoms with Crippen LogP contribution in [0.5, 0.6) is 0 Å². The minimum atomic E-state index is -2.01. The van der Waals surface area contributed by atoms with Gasteiger partial charge in [-0.25, -0.2) is 4.79 Å². The van der Waals surface area contributed by atoms with E-state index in [2.05, 4.69) is 26.0 Å². The third kappa shape index (κ3) is 25.1. The van der Waals surface area contributed by atoms with E-state index in [9.17, 15) is 50.1 Å². The highest BCUT2D eigenvalue weighted by Gasteiger charge is 2.53. The van der Waals surface area contributed by atoms with Gasteiger partial charge in [0.2, 0.25) is 0 Å². The fourth-order valence-corrected chi connectivity index (χ4v) is 8.11. The molecule has 1 unspecified atom stereocenters. The Morgan fingerprint density at radius 2 is 1.00 bits per heavy atom. The zero-order chi connectivity index (χ0) is 47.7. The van der Waals surface area contributed by atoms with Crippen LogP contribution in [-0.2, 0) is 42.8 Å². The standard InChI is InChI=1S/C49H88O16/c1-3-5-7-9-11-13-15-17-18-20-22-24-26-28-30-32-39(52)62-36(34-60-38(51)31-29-27-25-23-21-19-16-14-12-10-8-6-4-2)35-61-48-44(57)42(55)45(46(65-48)47(58)59)64-49-43(56)41(54)40(53)37(33-50)63-49/h17-18,36-37,40-46,48-50,53-57H,3-16,19-35H2,1-2H3,(H,58,59)/b18-17-/t36?,37-,40-,41+,42-,43+,44-,45+,46+,48+,49-/m1/s1. The summed E-state index contributed by atoms with van der Waals surface area (Å²) in [6.07, 6.45) is 14.9. The zero-order valence-electron chi connectivity index (χ0n) is 39.7. The number of carbonyl (C=O) groups excluding carboxylic acids is 2. The molecule has 2 saturated heterocycles. The van der Waals surface area contributed by atoms with Crippen molar-refractivity contribution in [2.75, 3.05) is 19.8 Å². The van der Waals surface area contributed by atoms with Crippen molar-refractivity contribution in [3.05, 3.63) is 12.2 Å². The molecule has 0 saturated carbocycles. The van der Waals surface area contributed by atoms with Crippen molar-refractivity contribution < 1.29 is 78.6 Å². The van der Waals surface area contributed by atoms with E-state index in [0.29, 0.717) is 12.8 Å². The number of allylic oxidation sites excluding steroid dienone is 2. The van der Waals surface area contributed by atoms with E-state index in [1.54, 1.807) is 0 Å². The molecule has 2 aliphatic heterocycles. The van der Waals surface area contributed by atoms with Gasteiger partial charge in [-0.05, 0) is 38.5 Å². The highest BCUT2D eigenvalue weighted by atomic mass is 16.7. The quantitative estimate of drug-likeness (QED) is 0.0193. The van der Waals surface area contributed by atoms with E-state index in [1.807, 2.05) is 0 Å². The molecule has 7 N–H and O–H groups in total. The minimum Gasteiger partial charge on any atom is -0.479 e. The molecular formula is C49H88O16. The van der Waals surface area contributed by atoms with Crippen molar-refractivity contribution in [3.8, 4) is 0 Å². The van der Waals surface area contributed by atoms with E-state index >= 15 is 0 Å². The van der Waals surface area contributed by atoms with Crippen molar-refractivity contribution in [2.24, 2.45) is 0 Å². The second kappa shape index (κ2) is 36.7. The summed E-state index contributed by atoms with van der Waals surface area (Å²) in [5.74, 6) is -2.68. The largest absolute Gasteiger partial charge is 0.479 e. The molecule has 2 aliphatic rings. The number of carbonyl (C=O) groups is 3. The number of ether oxygens (including phenoxy) is 6. The second-order valence-corrected chi connectivity index (χ2v) is 18.0. The number of esters is 2. The van der Waals surface area contributed by atoms with Gasteiger partial charge in [-0.15, -0.1) is 0 Å². The molecule has 2 rings (SSSR count). The lowest BCUT2D eigenvalue weighted by molar-refractivity contribution is -0.355. The van der Waals surface area contributed by atoms with Gasteiger partial charge in [0.15, 0.2) is 24.8 Å². The van der Waals surface area contributed by atoms with Crippen molar-refractivity contribution >= 4 is 17.9 Å². The number of hydrogen-bond acceptors (Lipinski definition) is 15. The third-order valence-corrected chi connectivity index (χ3v) is 12.2. The topological polar surface area (TPSA) is 248 Å². The van der Waals surface area contributed by atoms with Crippen molar-refractivity contribution in [2.45, 2.75) is 261 Å². The van der Waals surface area contributed by atoms with Crippen LogP contribution in [0.15, 0.2) is 12.2 Å². The van der Waals surface area contributed by atoms with Gasteiger partial charge in [0.1, 0.15) is 49.3 Å². The summed E-state index contributed by atoms with van der Waals surface area (Å²) in [5.41, 5.74) is 0. The first-order chi connectivity index (χ1) is 31.4. The minimum absolute atomic E-state index is 0.112. The number of aliphatic carboxylic acids is 1. The monoisotopic (exact) mass is 933 g/mol. The van der Waals surface area contributed by atoms with E-state index in [4.69, 9.17) is 28.4 Å². The molecule has 0 spiro atoms. The van der Waals surface area contributed by atoms with Crippen molar-refractivity contribution in [1.82, 2.24) is 0 Å². The summed E-state index contributed by atoms with van der Waals surface area (Å²) in [5, 5.41) is 72.1. The molecule has 0 radical (unpaired) electrons. The molecule has 16 nitrogen and oxygen atoms in total. The Morgan fingerprint density at radius 3 is 1.49 bits per heavy atom. The molecule has 0 amide bonds. The van der Waals surface area contributed by atoms with E-state index in [1.165, 1.54) is 96.3 Å². The highest BCUT2D eigenvalue weighted by Crippen LogP contribution is 2.30. The number of unbranched alkanes of at least 4 members (excludes halogenated alkanes) is 23. The van der Waals surface area contributed by atoms with Gasteiger partial charge in [-0.3, -0.25) is 9.59 Å². The molecule has 0 aromatic carbocycles. The molecule has 0 aromatic rings. The fraction of sp³-hybridized carbons (Fsp3) is 0.898. The van der Waals surface area contributed by atoms with Crippen LogP contribution in [0.2, 0.25) is 0 Å². The van der Waals surface area contributed by atoms with Crippen LogP contribution in [0.25, 0.3) is 0 Å². The second-order valence-electron chi connectivity index (χ2n) is 18.0. The van der Waals surface area contributed by atoms with E-state index in [-0.39, 0.29) is 19.4 Å². The molecule has 2 heterocycles. The summed E-state index contributed by atoms with van der Waals surface area (Å²) >= 11 is 0. The van der Waals surface area contributed by atoms with Crippen LogP contribution in [0.3, 0.4) is 0 Å². The Balaban J connectivity index is 1.87. The molecular weight excluding hydrogens is 845 g/mol. The fourth-order valence-electron chi connectivity index (χ4n) is 8.11. The molecule has 65 heavy (non-hydrogen) atoms. The van der Waals surface area contributed by atoms with Gasteiger partial charge < -0.3 is 64.2 Å². The number of aliphatic hydroxyl groups excluding tert-OH is 6. The van der Waals surface area contributed by atoms with Crippen LogP contribution < -0.4 is 0 Å². The molecule has 11 atom stereocenters. The SMILES string of the molecule is CCCCCCCC/C=C\CCCCCCCC(=O)OC(COC(=O)CCCCCCCCCCCCCCC)CO[C@H]1O[C@H](C(=O)O)[C@@H](O[C@H]2O[C@H](CO)[C@@H](O)[C@H](O)[C@@H]2O)[C@H](O)[C@H]1O. The lowest BCUT2D eigenvalue weighted by Gasteiger charge is -2.45. The average molecular weight is 933 g/mol. The maximum Gasteiger partial charge on any atom is 0.335 e. The Hall–Kier alpha value is -2.25. The van der Waals surface area contributed by atoms with E-state index in [0.717, 1.165) is 57.8 Å². The van der Waals surface area contributed by atoms with E-state index < -0.39 is 98.6 Å². The van der Waals surface area contributed by atoms with Gasteiger partial charge >= 0.3 is 17.9 Å². The summed E-state index contributed by atoms with van der Waals surface area (Å²) in [6, 6.07) is 0. The zero-order valence-corrected chi connectivity index (χ0v) is 39.7. The van der Waals surface area contributed by atoms with Crippen LogP contribution in [-0.4, -0.2) is 141 Å². The summed E-state index contributed by atoms with van der Waals surface area (Å²) < 4.78 is 33.0. The van der Waals surface area contributed by atoms with Crippen LogP contribution in [0.1, 0.15) is 194 Å². The van der Waals surface area contributed by atoms with Crippen molar-refractivity contribution in [1.29, 1.82) is 0 Å². The summed E-state index contributed by atoms with van der Waals surface area (Å²) in [6.45, 7) is 2.80. The number of rotatable bonds is 39. The lowest BCUT2D eigenvalue weighted by atomic mass is 9.97. The first kappa shape index (κ1) is 58.9. The number of aliphatic hydroxyl groups is 6. The van der Waals surface area contributed by atoms with Gasteiger partial charge in [0.05, 0.1) is 13.2 Å². The number of carboxylic acid groups (broad SMARTS) is 1. The Bertz CT molecular complexity index is 1250. The lowest BCUT2D eigenvalue weighted by Crippen LogP contribution is -2.65. The Labute approximate surface area is 388 Å². The molecule has 380 valence electrons. The van der Waals surface area contributed by atoms with Crippen LogP contribution in [0.4, 0.5) is 0 Å². The Kier molecular flexibility index (Phi) is 33.3.